The maximum atomic E-state index is 13.6. The summed E-state index contributed by atoms with van der Waals surface area (Å²) in [6.07, 6.45) is -5.52. The number of fused-ring (bicyclic) bond motifs is 7. The average Bonchev–Trinajstić information content (AvgIpc) is 3.57. The van der Waals surface area contributed by atoms with E-state index in [0.717, 1.165) is 38.7 Å². The van der Waals surface area contributed by atoms with Crippen molar-refractivity contribution in [3.63, 3.8) is 0 Å². The number of aliphatic hydroxyl groups excluding tert-OH is 5. The molecule has 6 N–H and O–H groups in total. The van der Waals surface area contributed by atoms with Crippen LogP contribution in [-0.4, -0.2) is 116 Å². The molecule has 1 aromatic rings. The summed E-state index contributed by atoms with van der Waals surface area (Å²) in [5, 5.41) is 66.3. The first-order chi connectivity index (χ1) is 24.7. The highest BCUT2D eigenvalue weighted by Gasteiger charge is 2.73. The summed E-state index contributed by atoms with van der Waals surface area (Å²) in [4.78, 5) is 13.6. The Kier molecular flexibility index (Phi) is 9.45. The van der Waals surface area contributed by atoms with Gasteiger partial charge in [-0.15, -0.1) is 0 Å². The molecule has 12 heteroatoms. The molecule has 8 rings (SSSR count). The number of aliphatic hydroxyl groups is 6. The summed E-state index contributed by atoms with van der Waals surface area (Å²) < 4.78 is 31.6. The normalized spacial score (nSPS) is 54.2. The fourth-order valence-corrected chi connectivity index (χ4v) is 12.6. The van der Waals surface area contributed by atoms with E-state index in [0.29, 0.717) is 23.8 Å². The van der Waals surface area contributed by atoms with Gasteiger partial charge in [0.1, 0.15) is 36.6 Å². The number of benzene rings is 1. The summed E-state index contributed by atoms with van der Waals surface area (Å²) in [6.45, 7) is 9.04. The van der Waals surface area contributed by atoms with E-state index in [-0.39, 0.29) is 48.0 Å². The molecule has 3 aliphatic heterocycles. The molecule has 3 heterocycles. The minimum absolute atomic E-state index is 0.0139. The van der Waals surface area contributed by atoms with E-state index in [9.17, 15) is 35.4 Å². The zero-order chi connectivity index (χ0) is 37.0. The molecule has 0 amide bonds. The SMILES string of the molecule is C[C@@H]1CC[C@]2(OC1)O[C@H]1C[C@H]3[C@@H]4C[C@@H](O)[C@@]5(O)C[C@@H](O[C@@H]6O[C@H](CO)[C@@H](O)[C@@H](O)[C@H]6O)[C@H](OC(=O)c6ccccc6)C[C@]5(C)[C@H]4CC[C@]3(C)[C@@H]1[C@@H]2C. The van der Waals surface area contributed by atoms with Gasteiger partial charge >= 0.3 is 5.97 Å². The maximum absolute atomic E-state index is 13.6. The lowest BCUT2D eigenvalue weighted by Gasteiger charge is -2.66. The van der Waals surface area contributed by atoms with Crippen molar-refractivity contribution < 1.29 is 59.1 Å². The van der Waals surface area contributed by atoms with Crippen molar-refractivity contribution in [2.45, 2.75) is 146 Å². The van der Waals surface area contributed by atoms with Crippen LogP contribution in [0.2, 0.25) is 0 Å². The number of esters is 1. The predicted octanol–water partition coefficient (Wildman–Crippen LogP) is 2.54. The van der Waals surface area contributed by atoms with E-state index in [1.165, 1.54) is 0 Å². The Bertz CT molecular complexity index is 1470. The highest BCUT2D eigenvalue weighted by Crippen LogP contribution is 2.72. The highest BCUT2D eigenvalue weighted by molar-refractivity contribution is 5.89. The third-order valence-electron chi connectivity index (χ3n) is 15.5. The average molecular weight is 731 g/mol. The summed E-state index contributed by atoms with van der Waals surface area (Å²) in [5.74, 6) is 0.394. The van der Waals surface area contributed by atoms with Gasteiger partial charge in [-0.3, -0.25) is 0 Å². The van der Waals surface area contributed by atoms with Crippen molar-refractivity contribution >= 4 is 5.97 Å². The van der Waals surface area contributed by atoms with Crippen LogP contribution in [0.5, 0.6) is 0 Å². The minimum atomic E-state index is -1.68. The number of hydrogen-bond acceptors (Lipinski definition) is 12. The molecule has 19 atom stereocenters. The first kappa shape index (κ1) is 37.2. The molecule has 52 heavy (non-hydrogen) atoms. The highest BCUT2D eigenvalue weighted by atomic mass is 16.7. The van der Waals surface area contributed by atoms with Gasteiger partial charge < -0.3 is 54.3 Å². The summed E-state index contributed by atoms with van der Waals surface area (Å²) in [6, 6.07) is 8.59. The van der Waals surface area contributed by atoms with Gasteiger partial charge in [0, 0.05) is 24.2 Å². The summed E-state index contributed by atoms with van der Waals surface area (Å²) >= 11 is 0. The molecule has 1 spiro atoms. The molecule has 3 saturated heterocycles. The van der Waals surface area contributed by atoms with Crippen LogP contribution in [0.4, 0.5) is 0 Å². The van der Waals surface area contributed by atoms with Crippen LogP contribution < -0.4 is 0 Å². The van der Waals surface area contributed by atoms with Gasteiger partial charge in [-0.2, -0.15) is 0 Å². The smallest absolute Gasteiger partial charge is 0.338 e. The van der Waals surface area contributed by atoms with Gasteiger partial charge in [-0.25, -0.2) is 4.79 Å². The first-order valence-corrected chi connectivity index (χ1v) is 19.6. The molecule has 7 fully saturated rings. The maximum Gasteiger partial charge on any atom is 0.338 e. The molecule has 7 aliphatic rings. The monoisotopic (exact) mass is 730 g/mol. The van der Waals surface area contributed by atoms with Crippen LogP contribution in [0.15, 0.2) is 30.3 Å². The van der Waals surface area contributed by atoms with E-state index in [1.807, 2.05) is 6.92 Å². The summed E-state index contributed by atoms with van der Waals surface area (Å²) in [5.41, 5.74) is -2.18. The van der Waals surface area contributed by atoms with Crippen molar-refractivity contribution in [3.8, 4) is 0 Å². The lowest BCUT2D eigenvalue weighted by Crippen LogP contribution is -2.71. The lowest BCUT2D eigenvalue weighted by molar-refractivity contribution is -0.339. The fraction of sp³-hybridized carbons (Fsp3) is 0.825. The fourth-order valence-electron chi connectivity index (χ4n) is 12.6. The number of carbonyl (C=O) groups excluding carboxylic acids is 1. The first-order valence-electron chi connectivity index (χ1n) is 19.6. The molecule has 4 aliphatic carbocycles. The molecule has 0 unspecified atom stereocenters. The molecular formula is C40H58O12. The molecule has 1 aromatic carbocycles. The number of hydrogen-bond donors (Lipinski definition) is 6. The third kappa shape index (κ3) is 5.49. The van der Waals surface area contributed by atoms with Gasteiger partial charge in [0.05, 0.1) is 36.6 Å². The quantitative estimate of drug-likeness (QED) is 0.193. The van der Waals surface area contributed by atoms with E-state index >= 15 is 0 Å². The largest absolute Gasteiger partial charge is 0.456 e. The molecule has 12 nitrogen and oxygen atoms in total. The molecular weight excluding hydrogens is 672 g/mol. The van der Waals surface area contributed by atoms with Gasteiger partial charge in [-0.05, 0) is 85.7 Å². The van der Waals surface area contributed by atoms with Gasteiger partial charge in [-0.1, -0.05) is 45.9 Å². The Balaban J connectivity index is 1.08. The van der Waals surface area contributed by atoms with Crippen LogP contribution in [0, 0.1) is 46.3 Å². The lowest BCUT2D eigenvalue weighted by atomic mass is 9.42. The topological polar surface area (TPSA) is 185 Å². The van der Waals surface area contributed by atoms with Crippen molar-refractivity contribution in [2.75, 3.05) is 13.2 Å². The zero-order valence-corrected chi connectivity index (χ0v) is 30.8. The second kappa shape index (κ2) is 13.2. The molecule has 4 saturated carbocycles. The Morgan fingerprint density at radius 3 is 2.37 bits per heavy atom. The van der Waals surface area contributed by atoms with Gasteiger partial charge in [0.2, 0.25) is 0 Å². The van der Waals surface area contributed by atoms with Crippen LogP contribution in [0.1, 0.15) is 89.4 Å². The number of carbonyl (C=O) groups is 1. The molecule has 0 bridgehead atoms. The zero-order valence-electron chi connectivity index (χ0n) is 30.8. The van der Waals surface area contributed by atoms with Crippen molar-refractivity contribution in [1.29, 1.82) is 0 Å². The van der Waals surface area contributed by atoms with Crippen LogP contribution in [0.3, 0.4) is 0 Å². The van der Waals surface area contributed by atoms with E-state index in [4.69, 9.17) is 23.7 Å². The van der Waals surface area contributed by atoms with Gasteiger partial charge in [0.15, 0.2) is 12.1 Å². The standard InChI is InChI=1S/C40H58O12/c1-20-10-13-40(48-19-20)21(2)31-26(52-40)15-25-23-14-30(42)39(47)17-28(50-36-34(45)33(44)32(43)29(18-41)51-36)27(49-35(46)22-8-6-5-7-9-22)16-38(39,4)24(23)11-12-37(25,31)3/h5-9,20-21,23-34,36,41-45,47H,10-19H2,1-4H3/t20-,21+,23-,24+,25+,26+,27-,28-,29-,30-,31-,32-,33-,34-,36-,37+,38-,39+,40+/m1/s1. The molecule has 0 aromatic heterocycles. The van der Waals surface area contributed by atoms with Gasteiger partial charge in [0.25, 0.3) is 0 Å². The Morgan fingerprint density at radius 2 is 1.67 bits per heavy atom. The predicted molar refractivity (Wildman–Crippen MR) is 184 cm³/mol. The number of rotatable bonds is 5. The van der Waals surface area contributed by atoms with E-state index in [1.54, 1.807) is 30.3 Å². The van der Waals surface area contributed by atoms with Crippen LogP contribution in [0.25, 0.3) is 0 Å². The number of ether oxygens (including phenoxy) is 5. The van der Waals surface area contributed by atoms with Crippen molar-refractivity contribution in [3.05, 3.63) is 35.9 Å². The second-order valence-electron chi connectivity index (χ2n) is 18.1. The van der Waals surface area contributed by atoms with E-state index < -0.39 is 78.4 Å². The second-order valence-corrected chi connectivity index (χ2v) is 18.1. The minimum Gasteiger partial charge on any atom is -0.456 e. The Labute approximate surface area is 305 Å². The Hall–Kier alpha value is -1.71. The Morgan fingerprint density at radius 1 is 0.923 bits per heavy atom. The van der Waals surface area contributed by atoms with Crippen LogP contribution >= 0.6 is 0 Å². The molecule has 290 valence electrons. The molecule has 0 radical (unpaired) electrons. The third-order valence-corrected chi connectivity index (χ3v) is 15.5. The van der Waals surface area contributed by atoms with E-state index in [2.05, 4.69) is 20.8 Å². The summed E-state index contributed by atoms with van der Waals surface area (Å²) in [7, 11) is 0. The van der Waals surface area contributed by atoms with Crippen molar-refractivity contribution in [2.24, 2.45) is 46.3 Å². The van der Waals surface area contributed by atoms with Crippen molar-refractivity contribution in [1.82, 2.24) is 0 Å². The van der Waals surface area contributed by atoms with Crippen LogP contribution in [-0.2, 0) is 23.7 Å².